The van der Waals surface area contributed by atoms with Crippen LogP contribution < -0.4 is 10.1 Å². The summed E-state index contributed by atoms with van der Waals surface area (Å²) in [4.78, 5) is 20.3. The lowest BCUT2D eigenvalue weighted by Crippen LogP contribution is -2.09. The average molecular weight is 460 g/mol. The summed E-state index contributed by atoms with van der Waals surface area (Å²) in [5.41, 5.74) is 3.56. The van der Waals surface area contributed by atoms with Gasteiger partial charge in [0, 0.05) is 26.4 Å². The van der Waals surface area contributed by atoms with Crippen molar-refractivity contribution in [3.63, 3.8) is 0 Å². The minimum Gasteiger partial charge on any atom is -0.489 e. The molecule has 0 bridgehead atoms. The highest BCUT2D eigenvalue weighted by molar-refractivity contribution is 6.32. The van der Waals surface area contributed by atoms with E-state index < -0.39 is 5.97 Å². The minimum atomic E-state index is -0.820. The molecule has 8 nitrogen and oxygen atoms in total. The summed E-state index contributed by atoms with van der Waals surface area (Å²) in [6, 6.07) is 5.72. The van der Waals surface area contributed by atoms with Crippen molar-refractivity contribution in [1.29, 1.82) is 0 Å². The van der Waals surface area contributed by atoms with E-state index in [1.54, 1.807) is 4.68 Å². The van der Waals surface area contributed by atoms with Crippen LogP contribution in [0, 0.1) is 0 Å². The number of aryl methyl sites for hydroxylation is 3. The molecule has 0 aliphatic heterocycles. The summed E-state index contributed by atoms with van der Waals surface area (Å²) in [6.45, 7) is 6.53. The number of anilines is 1. The van der Waals surface area contributed by atoms with Gasteiger partial charge in [-0.1, -0.05) is 31.0 Å². The Morgan fingerprint density at radius 3 is 2.72 bits per heavy atom. The highest BCUT2D eigenvalue weighted by Crippen LogP contribution is 2.28. The smallest absolute Gasteiger partial charge is 0.303 e. The molecule has 0 aliphatic carbocycles. The van der Waals surface area contributed by atoms with Crippen molar-refractivity contribution in [2.45, 2.75) is 65.5 Å². The van der Waals surface area contributed by atoms with Crippen molar-refractivity contribution in [3.8, 4) is 5.75 Å². The van der Waals surface area contributed by atoms with Gasteiger partial charge in [0.25, 0.3) is 0 Å². The van der Waals surface area contributed by atoms with E-state index in [4.69, 9.17) is 31.4 Å². The maximum absolute atomic E-state index is 10.9. The lowest BCUT2D eigenvalue weighted by atomic mass is 10.2. The largest absolute Gasteiger partial charge is 0.489 e. The first-order valence-electron chi connectivity index (χ1n) is 10.9. The third-order valence-electron chi connectivity index (χ3n) is 4.89. The number of hydrogen-bond donors (Lipinski definition) is 2. The number of carboxylic acids is 1. The van der Waals surface area contributed by atoms with E-state index in [2.05, 4.69) is 17.3 Å². The minimum absolute atomic E-state index is 0.0486. The number of aliphatic carboxylic acids is 1. The zero-order chi connectivity index (χ0) is 23.3. The number of nitrogens with one attached hydrogen (secondary N) is 1. The van der Waals surface area contributed by atoms with Crippen LogP contribution in [0.2, 0.25) is 5.02 Å². The number of halogens is 1. The maximum Gasteiger partial charge on any atom is 0.303 e. The van der Waals surface area contributed by atoms with Crippen LogP contribution in [-0.4, -0.2) is 36.9 Å². The van der Waals surface area contributed by atoms with E-state index in [9.17, 15) is 4.79 Å². The number of ether oxygens (including phenoxy) is 1. The highest BCUT2D eigenvalue weighted by atomic mass is 35.5. The molecule has 9 heteroatoms. The standard InChI is InChI=1S/C23H30ClN5O3/c1-5-7-17-21-22(29(4)28-17)23(27-19(26-21)8-6-9-20(30)31)25-13-15-10-11-18(16(24)12-15)32-14(2)3/h10-12,14H,5-9,13H2,1-4H3,(H,30,31)(H,25,26,27). The van der Waals surface area contributed by atoms with Gasteiger partial charge in [0.2, 0.25) is 0 Å². The third kappa shape index (κ3) is 5.88. The van der Waals surface area contributed by atoms with Gasteiger partial charge in [-0.3, -0.25) is 9.48 Å². The molecule has 0 amide bonds. The van der Waals surface area contributed by atoms with E-state index in [0.29, 0.717) is 41.8 Å². The number of nitrogens with zero attached hydrogens (tertiary/aromatic N) is 4. The second kappa shape index (κ2) is 10.6. The van der Waals surface area contributed by atoms with Crippen molar-refractivity contribution in [3.05, 3.63) is 40.3 Å². The van der Waals surface area contributed by atoms with Crippen LogP contribution >= 0.6 is 11.6 Å². The SMILES string of the molecule is CCCc1nn(C)c2c(NCc3ccc(OC(C)C)c(Cl)c3)nc(CCCC(=O)O)nc12. The molecule has 0 saturated heterocycles. The highest BCUT2D eigenvalue weighted by Gasteiger charge is 2.17. The van der Waals surface area contributed by atoms with E-state index >= 15 is 0 Å². The van der Waals surface area contributed by atoms with Crippen molar-refractivity contribution in [2.75, 3.05) is 5.32 Å². The van der Waals surface area contributed by atoms with Gasteiger partial charge >= 0.3 is 5.97 Å². The molecule has 0 saturated carbocycles. The summed E-state index contributed by atoms with van der Waals surface area (Å²) in [5, 5.41) is 17.6. The second-order valence-electron chi connectivity index (χ2n) is 8.04. The predicted octanol–water partition coefficient (Wildman–Crippen LogP) is 4.78. The summed E-state index contributed by atoms with van der Waals surface area (Å²) in [5.74, 6) is 1.13. The van der Waals surface area contributed by atoms with Crippen molar-refractivity contribution in [2.24, 2.45) is 7.05 Å². The molecule has 0 atom stereocenters. The quantitative estimate of drug-likeness (QED) is 0.425. The molecule has 2 heterocycles. The zero-order valence-corrected chi connectivity index (χ0v) is 19.7. The van der Waals surface area contributed by atoms with Crippen LogP contribution in [0.25, 0.3) is 11.0 Å². The molecular weight excluding hydrogens is 430 g/mol. The van der Waals surface area contributed by atoms with E-state index in [1.807, 2.05) is 39.1 Å². The molecule has 0 fully saturated rings. The van der Waals surface area contributed by atoms with Gasteiger partial charge in [-0.05, 0) is 44.4 Å². The van der Waals surface area contributed by atoms with Gasteiger partial charge in [-0.15, -0.1) is 0 Å². The Bertz CT molecular complexity index is 1100. The first-order valence-corrected chi connectivity index (χ1v) is 11.3. The first kappa shape index (κ1) is 23.8. The molecule has 3 aromatic rings. The number of aromatic nitrogens is 4. The molecule has 2 N–H and O–H groups in total. The predicted molar refractivity (Wildman–Crippen MR) is 125 cm³/mol. The number of fused-ring (bicyclic) bond motifs is 1. The van der Waals surface area contributed by atoms with Crippen molar-refractivity contribution in [1.82, 2.24) is 19.7 Å². The topological polar surface area (TPSA) is 102 Å². The average Bonchev–Trinajstić information content (AvgIpc) is 3.03. The molecule has 0 aliphatic rings. The molecule has 0 unspecified atom stereocenters. The zero-order valence-electron chi connectivity index (χ0n) is 19.0. The van der Waals surface area contributed by atoms with Crippen LogP contribution in [0.4, 0.5) is 5.82 Å². The molecule has 2 aromatic heterocycles. The number of carbonyl (C=O) groups is 1. The third-order valence-corrected chi connectivity index (χ3v) is 5.19. The monoisotopic (exact) mass is 459 g/mol. The van der Waals surface area contributed by atoms with E-state index in [-0.39, 0.29) is 12.5 Å². The van der Waals surface area contributed by atoms with Gasteiger partial charge in [-0.25, -0.2) is 9.97 Å². The number of rotatable bonds is 11. The van der Waals surface area contributed by atoms with Crippen LogP contribution in [-0.2, 0) is 31.2 Å². The summed E-state index contributed by atoms with van der Waals surface area (Å²) in [7, 11) is 1.88. The van der Waals surface area contributed by atoms with Gasteiger partial charge in [0.05, 0.1) is 16.8 Å². The Balaban J connectivity index is 1.88. The second-order valence-corrected chi connectivity index (χ2v) is 8.45. The van der Waals surface area contributed by atoms with Crippen molar-refractivity contribution >= 4 is 34.4 Å². The van der Waals surface area contributed by atoms with Crippen LogP contribution in [0.1, 0.15) is 57.1 Å². The molecule has 32 heavy (non-hydrogen) atoms. The maximum atomic E-state index is 10.9. The van der Waals surface area contributed by atoms with Crippen molar-refractivity contribution < 1.29 is 14.6 Å². The Morgan fingerprint density at radius 1 is 1.28 bits per heavy atom. The fourth-order valence-electron chi connectivity index (χ4n) is 3.51. The summed E-state index contributed by atoms with van der Waals surface area (Å²) < 4.78 is 7.51. The summed E-state index contributed by atoms with van der Waals surface area (Å²) in [6.07, 6.45) is 2.88. The number of benzene rings is 1. The molecule has 172 valence electrons. The van der Waals surface area contributed by atoms with E-state index in [0.717, 1.165) is 35.1 Å². The van der Waals surface area contributed by atoms with Gasteiger partial charge in [0.15, 0.2) is 5.82 Å². The van der Waals surface area contributed by atoms with Gasteiger partial charge < -0.3 is 15.2 Å². The van der Waals surface area contributed by atoms with Crippen LogP contribution in [0.15, 0.2) is 18.2 Å². The fraction of sp³-hybridized carbons (Fsp3) is 0.478. The molecule has 1 aromatic carbocycles. The lowest BCUT2D eigenvalue weighted by Gasteiger charge is -2.13. The molecule has 3 rings (SSSR count). The Morgan fingerprint density at radius 2 is 2.06 bits per heavy atom. The van der Waals surface area contributed by atoms with E-state index in [1.165, 1.54) is 0 Å². The molecule has 0 spiro atoms. The Kier molecular flexibility index (Phi) is 7.90. The summed E-state index contributed by atoms with van der Waals surface area (Å²) >= 11 is 6.38. The lowest BCUT2D eigenvalue weighted by molar-refractivity contribution is -0.137. The number of carboxylic acid groups (broad SMARTS) is 1. The first-order chi connectivity index (χ1) is 15.3. The normalized spacial score (nSPS) is 11.3. The van der Waals surface area contributed by atoms with Crippen LogP contribution in [0.5, 0.6) is 5.75 Å². The molecular formula is C23H30ClN5O3. The Hall–Kier alpha value is -2.87. The van der Waals surface area contributed by atoms with Gasteiger partial charge in [-0.2, -0.15) is 5.10 Å². The van der Waals surface area contributed by atoms with Gasteiger partial charge in [0.1, 0.15) is 22.6 Å². The fourth-order valence-corrected chi connectivity index (χ4v) is 3.76. The Labute approximate surface area is 193 Å². The van der Waals surface area contributed by atoms with Crippen LogP contribution in [0.3, 0.4) is 0 Å². The number of hydrogen-bond acceptors (Lipinski definition) is 6. The molecule has 0 radical (unpaired) electrons.